The maximum atomic E-state index is 13.8. The van der Waals surface area contributed by atoms with Crippen molar-refractivity contribution in [2.24, 2.45) is 7.05 Å². The standard InChI is InChI=1S/C30H32N4O2/c1-6-13-34(30(35)29-17-23-15-25(36-5)10-12-28(23)33(29)4)18-24-14-21(8-7-19(24)2)22-9-11-26-27(16-22)32-20(3)31-26/h7-12,14-17H,6,13,18H2,1-5H3,(H,31,32). The number of benzene rings is 3. The fourth-order valence-electron chi connectivity index (χ4n) is 4.89. The summed E-state index contributed by atoms with van der Waals surface area (Å²) < 4.78 is 7.35. The molecule has 2 aromatic heterocycles. The molecular formula is C30H32N4O2. The average Bonchev–Trinajstić information content (AvgIpc) is 3.42. The van der Waals surface area contributed by atoms with E-state index in [9.17, 15) is 4.79 Å². The lowest BCUT2D eigenvalue weighted by Crippen LogP contribution is -2.32. The molecule has 184 valence electrons. The number of fused-ring (bicyclic) bond motifs is 2. The van der Waals surface area contributed by atoms with Crippen LogP contribution in [0.5, 0.6) is 5.75 Å². The first-order valence-electron chi connectivity index (χ1n) is 12.4. The highest BCUT2D eigenvalue weighted by Gasteiger charge is 2.21. The van der Waals surface area contributed by atoms with Gasteiger partial charge >= 0.3 is 0 Å². The van der Waals surface area contributed by atoms with Crippen LogP contribution in [-0.2, 0) is 13.6 Å². The lowest BCUT2D eigenvalue weighted by Gasteiger charge is -2.24. The fourth-order valence-corrected chi connectivity index (χ4v) is 4.89. The highest BCUT2D eigenvalue weighted by Crippen LogP contribution is 2.28. The number of nitrogens with one attached hydrogen (secondary N) is 1. The van der Waals surface area contributed by atoms with Gasteiger partial charge in [0.1, 0.15) is 17.3 Å². The minimum Gasteiger partial charge on any atom is -0.497 e. The summed E-state index contributed by atoms with van der Waals surface area (Å²) in [7, 11) is 3.61. The van der Waals surface area contributed by atoms with Gasteiger partial charge in [-0.05, 0) is 85.0 Å². The summed E-state index contributed by atoms with van der Waals surface area (Å²) in [6, 6.07) is 20.7. The molecule has 36 heavy (non-hydrogen) atoms. The number of ether oxygens (including phenoxy) is 1. The van der Waals surface area contributed by atoms with E-state index in [1.807, 2.05) is 47.7 Å². The average molecular weight is 481 g/mol. The molecule has 0 aliphatic rings. The predicted molar refractivity (Wildman–Crippen MR) is 146 cm³/mol. The Balaban J connectivity index is 1.47. The maximum absolute atomic E-state index is 13.8. The topological polar surface area (TPSA) is 63.1 Å². The van der Waals surface area contributed by atoms with E-state index in [2.05, 4.69) is 60.2 Å². The van der Waals surface area contributed by atoms with Crippen LogP contribution >= 0.6 is 0 Å². The number of aryl methyl sites for hydroxylation is 3. The third kappa shape index (κ3) is 4.35. The van der Waals surface area contributed by atoms with Gasteiger partial charge in [-0.3, -0.25) is 4.79 Å². The lowest BCUT2D eigenvalue weighted by molar-refractivity contribution is 0.0734. The van der Waals surface area contributed by atoms with Crippen LogP contribution in [-0.4, -0.2) is 39.0 Å². The van der Waals surface area contributed by atoms with E-state index in [4.69, 9.17) is 4.74 Å². The van der Waals surface area contributed by atoms with E-state index in [0.29, 0.717) is 18.8 Å². The van der Waals surface area contributed by atoms with Crippen molar-refractivity contribution in [1.82, 2.24) is 19.4 Å². The van der Waals surface area contributed by atoms with Crippen molar-refractivity contribution < 1.29 is 9.53 Å². The molecule has 0 unspecified atom stereocenters. The first kappa shape index (κ1) is 23.7. The quantitative estimate of drug-likeness (QED) is 0.293. The smallest absolute Gasteiger partial charge is 0.270 e. The Labute approximate surface area is 211 Å². The van der Waals surface area contributed by atoms with Crippen molar-refractivity contribution >= 4 is 27.8 Å². The first-order chi connectivity index (χ1) is 17.4. The van der Waals surface area contributed by atoms with Crippen molar-refractivity contribution in [1.29, 1.82) is 0 Å². The number of amides is 1. The molecule has 0 aliphatic heterocycles. The Hall–Kier alpha value is -4.06. The summed E-state index contributed by atoms with van der Waals surface area (Å²) in [5.41, 5.74) is 8.27. The Kier molecular flexibility index (Phi) is 6.27. The molecule has 6 heteroatoms. The molecule has 0 aliphatic carbocycles. The van der Waals surface area contributed by atoms with E-state index in [1.54, 1.807) is 7.11 Å². The number of imidazole rings is 1. The molecule has 0 fully saturated rings. The van der Waals surface area contributed by atoms with Gasteiger partial charge in [-0.15, -0.1) is 0 Å². The number of H-pyrrole nitrogens is 1. The van der Waals surface area contributed by atoms with Gasteiger partial charge < -0.3 is 19.2 Å². The molecule has 1 amide bonds. The molecule has 5 rings (SSSR count). The molecule has 0 radical (unpaired) electrons. The van der Waals surface area contributed by atoms with Gasteiger partial charge in [-0.1, -0.05) is 25.1 Å². The van der Waals surface area contributed by atoms with Crippen LogP contribution in [0.25, 0.3) is 33.1 Å². The monoisotopic (exact) mass is 480 g/mol. The van der Waals surface area contributed by atoms with Crippen molar-refractivity contribution in [3.63, 3.8) is 0 Å². The van der Waals surface area contributed by atoms with Gasteiger partial charge in [0.25, 0.3) is 5.91 Å². The number of hydrogen-bond donors (Lipinski definition) is 1. The highest BCUT2D eigenvalue weighted by molar-refractivity contribution is 5.99. The van der Waals surface area contributed by atoms with E-state index < -0.39 is 0 Å². The number of hydrogen-bond acceptors (Lipinski definition) is 3. The summed E-state index contributed by atoms with van der Waals surface area (Å²) >= 11 is 0. The predicted octanol–water partition coefficient (Wildman–Crippen LogP) is 6.40. The van der Waals surface area contributed by atoms with Crippen LogP contribution in [0, 0.1) is 13.8 Å². The number of methoxy groups -OCH3 is 1. The van der Waals surface area contributed by atoms with Gasteiger partial charge in [0.05, 0.1) is 18.1 Å². The number of carbonyl (C=O) groups excluding carboxylic acids is 1. The number of carbonyl (C=O) groups is 1. The zero-order valence-corrected chi connectivity index (χ0v) is 21.6. The molecule has 0 saturated carbocycles. The van der Waals surface area contributed by atoms with E-state index in [0.717, 1.165) is 56.6 Å². The first-order valence-corrected chi connectivity index (χ1v) is 12.4. The molecule has 6 nitrogen and oxygen atoms in total. The Morgan fingerprint density at radius 1 is 1.03 bits per heavy atom. The van der Waals surface area contributed by atoms with Crippen molar-refractivity contribution in [2.45, 2.75) is 33.7 Å². The van der Waals surface area contributed by atoms with Crippen molar-refractivity contribution in [3.8, 4) is 16.9 Å². The fraction of sp³-hybridized carbons (Fsp3) is 0.267. The SMILES string of the molecule is CCCN(Cc1cc(-c2ccc3nc(C)[nH]c3c2)ccc1C)C(=O)c1cc2cc(OC)ccc2n1C. The molecule has 3 aromatic carbocycles. The van der Waals surface area contributed by atoms with E-state index in [-0.39, 0.29) is 5.91 Å². The van der Waals surface area contributed by atoms with Gasteiger partial charge in [-0.25, -0.2) is 4.98 Å². The Morgan fingerprint density at radius 3 is 2.58 bits per heavy atom. The van der Waals surface area contributed by atoms with E-state index in [1.165, 1.54) is 5.56 Å². The second kappa shape index (κ2) is 9.53. The molecule has 0 atom stereocenters. The second-order valence-corrected chi connectivity index (χ2v) is 9.44. The number of aromatic nitrogens is 3. The van der Waals surface area contributed by atoms with Crippen LogP contribution in [0.1, 0.15) is 40.8 Å². The third-order valence-electron chi connectivity index (χ3n) is 6.89. The molecule has 0 spiro atoms. The van der Waals surface area contributed by atoms with Crippen molar-refractivity contribution in [3.05, 3.63) is 83.3 Å². The van der Waals surface area contributed by atoms with Gasteiger partial charge in [0, 0.05) is 31.0 Å². The second-order valence-electron chi connectivity index (χ2n) is 9.44. The third-order valence-corrected chi connectivity index (χ3v) is 6.89. The Morgan fingerprint density at radius 2 is 1.81 bits per heavy atom. The molecule has 0 bridgehead atoms. The van der Waals surface area contributed by atoms with Crippen molar-refractivity contribution in [2.75, 3.05) is 13.7 Å². The number of rotatable bonds is 7. The van der Waals surface area contributed by atoms with Crippen LogP contribution < -0.4 is 4.74 Å². The summed E-state index contributed by atoms with van der Waals surface area (Å²) in [5, 5.41) is 0.999. The van der Waals surface area contributed by atoms with Crippen LogP contribution in [0.3, 0.4) is 0 Å². The maximum Gasteiger partial charge on any atom is 0.270 e. The Bertz CT molecular complexity index is 1580. The van der Waals surface area contributed by atoms with Gasteiger partial charge in [0.15, 0.2) is 0 Å². The zero-order valence-electron chi connectivity index (χ0n) is 21.6. The van der Waals surface area contributed by atoms with Gasteiger partial charge in [0.2, 0.25) is 0 Å². The summed E-state index contributed by atoms with van der Waals surface area (Å²) in [6.45, 7) is 7.43. The summed E-state index contributed by atoms with van der Waals surface area (Å²) in [6.07, 6.45) is 0.887. The summed E-state index contributed by atoms with van der Waals surface area (Å²) in [5.74, 6) is 1.73. The van der Waals surface area contributed by atoms with Gasteiger partial charge in [-0.2, -0.15) is 0 Å². The lowest BCUT2D eigenvalue weighted by atomic mass is 9.99. The minimum atomic E-state index is 0.0358. The number of aromatic amines is 1. The molecule has 2 heterocycles. The zero-order chi connectivity index (χ0) is 25.4. The molecule has 5 aromatic rings. The normalized spacial score (nSPS) is 11.4. The summed E-state index contributed by atoms with van der Waals surface area (Å²) in [4.78, 5) is 23.6. The van der Waals surface area contributed by atoms with Crippen LogP contribution in [0.2, 0.25) is 0 Å². The van der Waals surface area contributed by atoms with Crippen LogP contribution in [0.4, 0.5) is 0 Å². The molecule has 0 saturated heterocycles. The minimum absolute atomic E-state index is 0.0358. The largest absolute Gasteiger partial charge is 0.497 e. The highest BCUT2D eigenvalue weighted by atomic mass is 16.5. The molecule has 1 N–H and O–H groups in total. The van der Waals surface area contributed by atoms with Crippen LogP contribution in [0.15, 0.2) is 60.7 Å². The molecular weight excluding hydrogens is 448 g/mol. The van der Waals surface area contributed by atoms with E-state index >= 15 is 0 Å². The number of nitrogens with zero attached hydrogens (tertiary/aromatic N) is 3.